The second-order valence-electron chi connectivity index (χ2n) is 12.5. The van der Waals surface area contributed by atoms with Crippen LogP contribution in [0.3, 0.4) is 0 Å². The Labute approximate surface area is 279 Å². The Bertz CT molecular complexity index is 2400. The molecule has 3 aromatic heterocycles. The molecule has 8 heteroatoms. The van der Waals surface area contributed by atoms with Gasteiger partial charge in [-0.1, -0.05) is 44.2 Å². The maximum Gasteiger partial charge on any atom is 0.346 e. The fourth-order valence-corrected chi connectivity index (χ4v) is 9.02. The summed E-state index contributed by atoms with van der Waals surface area (Å²) < 4.78 is 5.98. The van der Waals surface area contributed by atoms with E-state index in [2.05, 4.69) is 67.3 Å². The fraction of sp³-hybridized carbons (Fsp3) is 0.154. The first-order chi connectivity index (χ1) is 22.7. The number of fused-ring (bicyclic) bond motifs is 5. The van der Waals surface area contributed by atoms with Crippen molar-refractivity contribution < 1.29 is 14.3 Å². The fourth-order valence-electron chi connectivity index (χ4n) is 6.97. The van der Waals surface area contributed by atoms with Crippen molar-refractivity contribution in [3.05, 3.63) is 122 Å². The summed E-state index contributed by atoms with van der Waals surface area (Å²) in [6.45, 7) is 5.48. The van der Waals surface area contributed by atoms with Gasteiger partial charge in [0.15, 0.2) is 0 Å². The Morgan fingerprint density at radius 1 is 0.915 bits per heavy atom. The predicted octanol–water partition coefficient (Wildman–Crippen LogP) is 9.63. The number of nitriles is 1. The molecule has 0 unspecified atom stereocenters. The Balaban J connectivity index is 1.12. The summed E-state index contributed by atoms with van der Waals surface area (Å²) in [6, 6.07) is 30.9. The molecule has 47 heavy (non-hydrogen) atoms. The number of anilines is 2. The summed E-state index contributed by atoms with van der Waals surface area (Å²) in [7, 11) is 0. The summed E-state index contributed by atoms with van der Waals surface area (Å²) in [5.41, 5.74) is 9.04. The third-order valence-corrected chi connectivity index (χ3v) is 11.7. The zero-order valence-electron chi connectivity index (χ0n) is 25.7. The lowest BCUT2D eigenvalue weighted by Crippen LogP contribution is -2.25. The third-order valence-electron chi connectivity index (χ3n) is 9.31. The minimum absolute atomic E-state index is 0.0844. The minimum Gasteiger partial charge on any atom is -0.477 e. The van der Waals surface area contributed by atoms with Gasteiger partial charge >= 0.3 is 11.6 Å². The summed E-state index contributed by atoms with van der Waals surface area (Å²) in [5.74, 6) is -1.25. The molecule has 6 aromatic rings. The average molecular weight is 653 g/mol. The molecule has 6 nitrogen and oxygen atoms in total. The van der Waals surface area contributed by atoms with E-state index in [1.165, 1.54) is 56.6 Å². The van der Waals surface area contributed by atoms with Gasteiger partial charge in [0.1, 0.15) is 17.2 Å². The van der Waals surface area contributed by atoms with Crippen LogP contribution in [0.25, 0.3) is 48.4 Å². The van der Waals surface area contributed by atoms with E-state index in [4.69, 9.17) is 9.68 Å². The van der Waals surface area contributed by atoms with Crippen LogP contribution in [0.4, 0.5) is 11.4 Å². The molecule has 0 spiro atoms. The number of hydrogen-bond acceptors (Lipinski definition) is 7. The van der Waals surface area contributed by atoms with Gasteiger partial charge in [-0.2, -0.15) is 5.26 Å². The van der Waals surface area contributed by atoms with Crippen LogP contribution in [0.2, 0.25) is 0 Å². The van der Waals surface area contributed by atoms with E-state index < -0.39 is 5.97 Å². The molecule has 4 heterocycles. The highest BCUT2D eigenvalue weighted by Crippen LogP contribution is 2.50. The van der Waals surface area contributed by atoms with Gasteiger partial charge in [0.25, 0.3) is 0 Å². The lowest BCUT2D eigenvalue weighted by atomic mass is 9.82. The SMILES string of the molecule is CC1(C)c2ccccc2-c2ccc(N3CCCc4cc5cc(-c6ccc(-c7ccc(/C=C(\C#N)C(=O)O)s7)s6)c(=O)oc5cc43)cc21. The van der Waals surface area contributed by atoms with E-state index in [9.17, 15) is 14.7 Å². The molecule has 2 aliphatic rings. The number of benzene rings is 3. The smallest absolute Gasteiger partial charge is 0.346 e. The molecule has 0 amide bonds. The minimum atomic E-state index is -1.25. The van der Waals surface area contributed by atoms with Crippen molar-refractivity contribution in [3.8, 4) is 37.4 Å². The maximum absolute atomic E-state index is 13.4. The normalized spacial score (nSPS) is 14.8. The summed E-state index contributed by atoms with van der Waals surface area (Å²) in [6.07, 6.45) is 3.35. The number of hydrogen-bond donors (Lipinski definition) is 1. The topological polar surface area (TPSA) is 94.5 Å². The van der Waals surface area contributed by atoms with E-state index in [1.807, 2.05) is 30.3 Å². The van der Waals surface area contributed by atoms with Crippen LogP contribution in [0, 0.1) is 11.3 Å². The van der Waals surface area contributed by atoms with Crippen molar-refractivity contribution in [2.24, 2.45) is 0 Å². The van der Waals surface area contributed by atoms with E-state index >= 15 is 0 Å². The largest absolute Gasteiger partial charge is 0.477 e. The highest BCUT2D eigenvalue weighted by molar-refractivity contribution is 7.24. The van der Waals surface area contributed by atoms with Gasteiger partial charge < -0.3 is 14.4 Å². The van der Waals surface area contributed by atoms with E-state index in [-0.39, 0.29) is 16.6 Å². The summed E-state index contributed by atoms with van der Waals surface area (Å²) >= 11 is 2.87. The van der Waals surface area contributed by atoms with Crippen LogP contribution < -0.4 is 10.5 Å². The van der Waals surface area contributed by atoms with Crippen molar-refractivity contribution in [1.82, 2.24) is 0 Å². The Morgan fingerprint density at radius 3 is 2.51 bits per heavy atom. The molecule has 1 aliphatic carbocycles. The van der Waals surface area contributed by atoms with Gasteiger partial charge in [-0.3, -0.25) is 0 Å². The lowest BCUT2D eigenvalue weighted by molar-refractivity contribution is -0.132. The van der Waals surface area contributed by atoms with Crippen LogP contribution in [0.5, 0.6) is 0 Å². The van der Waals surface area contributed by atoms with E-state index in [0.717, 1.165) is 50.8 Å². The molecule has 0 saturated heterocycles. The van der Waals surface area contributed by atoms with Gasteiger partial charge in [0.2, 0.25) is 0 Å². The molecule has 8 rings (SSSR count). The third kappa shape index (κ3) is 4.82. The standard InChI is InChI=1S/C39H28N2O4S2/c1-39(2)30-8-4-3-7-27(30)28-11-9-25(19-31(28)39)41-15-5-6-22-16-23-18-29(38(44)45-33(23)20-32(22)41)34-13-14-36(47-34)35-12-10-26(46-35)17-24(21-40)37(42)43/h3-4,7-14,16-20H,5-6,15H2,1-2H3,(H,42,43)/b24-17+. The first-order valence-electron chi connectivity index (χ1n) is 15.4. The molecule has 230 valence electrons. The molecule has 0 fully saturated rings. The van der Waals surface area contributed by atoms with Crippen molar-refractivity contribution in [2.75, 3.05) is 11.4 Å². The van der Waals surface area contributed by atoms with Crippen LogP contribution in [-0.4, -0.2) is 17.6 Å². The van der Waals surface area contributed by atoms with Crippen LogP contribution in [0.15, 0.2) is 99.7 Å². The van der Waals surface area contributed by atoms with Crippen LogP contribution in [-0.2, 0) is 16.6 Å². The van der Waals surface area contributed by atoms with Crippen molar-refractivity contribution in [1.29, 1.82) is 5.26 Å². The number of carboxylic acid groups (broad SMARTS) is 1. The first-order valence-corrected chi connectivity index (χ1v) is 17.0. The van der Waals surface area contributed by atoms with Gasteiger partial charge in [0.05, 0.1) is 5.56 Å². The van der Waals surface area contributed by atoms with E-state index in [0.29, 0.717) is 16.0 Å². The highest BCUT2D eigenvalue weighted by Gasteiger charge is 2.36. The second kappa shape index (κ2) is 10.9. The van der Waals surface area contributed by atoms with Gasteiger partial charge in [-0.25, -0.2) is 9.59 Å². The number of nitrogens with zero attached hydrogens (tertiary/aromatic N) is 2. The number of carbonyl (C=O) groups is 1. The quantitative estimate of drug-likeness (QED) is 0.113. The number of thiophene rings is 2. The van der Waals surface area contributed by atoms with Crippen LogP contribution >= 0.6 is 22.7 Å². The monoisotopic (exact) mass is 652 g/mol. The molecular weight excluding hydrogens is 625 g/mol. The molecule has 1 N–H and O–H groups in total. The maximum atomic E-state index is 13.4. The highest BCUT2D eigenvalue weighted by atomic mass is 32.1. The van der Waals surface area contributed by atoms with Gasteiger partial charge in [-0.05, 0) is 95.3 Å². The van der Waals surface area contributed by atoms with Gasteiger partial charge in [-0.15, -0.1) is 22.7 Å². The van der Waals surface area contributed by atoms with Crippen LogP contribution in [0.1, 0.15) is 41.8 Å². The average Bonchev–Trinajstić information content (AvgIpc) is 3.80. The number of rotatable bonds is 5. The molecule has 1 aliphatic heterocycles. The number of carboxylic acids is 1. The molecule has 0 saturated carbocycles. The molecule has 0 atom stereocenters. The van der Waals surface area contributed by atoms with Crippen molar-refractivity contribution >= 4 is 57.1 Å². The predicted molar refractivity (Wildman–Crippen MR) is 190 cm³/mol. The lowest BCUT2D eigenvalue weighted by Gasteiger charge is -2.32. The first kappa shape index (κ1) is 29.2. The number of aliphatic carboxylic acids is 1. The molecule has 0 radical (unpaired) electrons. The Morgan fingerprint density at radius 2 is 1.68 bits per heavy atom. The summed E-state index contributed by atoms with van der Waals surface area (Å²) in [4.78, 5) is 30.3. The molecule has 0 bridgehead atoms. The zero-order chi connectivity index (χ0) is 32.4. The Hall–Kier alpha value is -5.23. The van der Waals surface area contributed by atoms with Crippen molar-refractivity contribution in [2.45, 2.75) is 32.1 Å². The summed E-state index contributed by atoms with van der Waals surface area (Å²) in [5, 5.41) is 19.1. The van der Waals surface area contributed by atoms with Crippen molar-refractivity contribution in [3.63, 3.8) is 0 Å². The zero-order valence-corrected chi connectivity index (χ0v) is 27.3. The molecule has 3 aromatic carbocycles. The van der Waals surface area contributed by atoms with Gasteiger partial charge in [0, 0.05) is 54.3 Å². The molecular formula is C39H28N2O4S2. The Kier molecular flexibility index (Phi) is 6.80. The number of aryl methyl sites for hydroxylation is 1. The second-order valence-corrected chi connectivity index (χ2v) is 14.7. The van der Waals surface area contributed by atoms with E-state index in [1.54, 1.807) is 12.1 Å².